The van der Waals surface area contributed by atoms with E-state index in [1.54, 1.807) is 7.11 Å². The summed E-state index contributed by atoms with van der Waals surface area (Å²) in [4.78, 5) is 0. The van der Waals surface area contributed by atoms with E-state index >= 15 is 0 Å². The summed E-state index contributed by atoms with van der Waals surface area (Å²) in [6.45, 7) is 0.973. The molecule has 1 aromatic rings. The molecule has 2 N–H and O–H groups in total. The molecule has 0 bridgehead atoms. The molecule has 0 fully saturated rings. The normalized spacial score (nSPS) is 12.5. The minimum atomic E-state index is -0.0276. The molecule has 0 aliphatic heterocycles. The number of rotatable bonds is 5. The third-order valence-electron chi connectivity index (χ3n) is 1.78. The maximum absolute atomic E-state index is 5.44. The standard InChI is InChI=1S/C10H15NO2/c1-12-10(7-11)8-13-9-5-3-2-4-6-9/h2-6,10H,7-8,11H2,1H3. The minimum Gasteiger partial charge on any atom is -0.491 e. The molecule has 1 unspecified atom stereocenters. The molecular formula is C10H15NO2. The van der Waals surface area contributed by atoms with Gasteiger partial charge in [0.2, 0.25) is 0 Å². The fraction of sp³-hybridized carbons (Fsp3) is 0.400. The molecule has 1 aromatic carbocycles. The van der Waals surface area contributed by atoms with E-state index in [4.69, 9.17) is 15.2 Å². The topological polar surface area (TPSA) is 44.5 Å². The van der Waals surface area contributed by atoms with E-state index in [1.165, 1.54) is 0 Å². The molecule has 0 spiro atoms. The van der Waals surface area contributed by atoms with Gasteiger partial charge in [-0.05, 0) is 12.1 Å². The lowest BCUT2D eigenvalue weighted by Gasteiger charge is -2.13. The van der Waals surface area contributed by atoms with Crippen LogP contribution in [0.15, 0.2) is 30.3 Å². The molecule has 0 heterocycles. The summed E-state index contributed by atoms with van der Waals surface area (Å²) in [5, 5.41) is 0. The number of methoxy groups -OCH3 is 1. The van der Waals surface area contributed by atoms with Gasteiger partial charge in [-0.1, -0.05) is 18.2 Å². The third-order valence-corrected chi connectivity index (χ3v) is 1.78. The number of hydrogen-bond acceptors (Lipinski definition) is 3. The van der Waals surface area contributed by atoms with Crippen LogP contribution in [0.5, 0.6) is 5.75 Å². The van der Waals surface area contributed by atoms with Gasteiger partial charge in [-0.25, -0.2) is 0 Å². The van der Waals surface area contributed by atoms with Gasteiger partial charge in [0.15, 0.2) is 0 Å². The third kappa shape index (κ3) is 3.44. The first kappa shape index (κ1) is 10.0. The second-order valence-corrected chi connectivity index (χ2v) is 2.72. The smallest absolute Gasteiger partial charge is 0.119 e. The zero-order valence-corrected chi connectivity index (χ0v) is 7.77. The van der Waals surface area contributed by atoms with Crippen molar-refractivity contribution in [2.45, 2.75) is 6.10 Å². The monoisotopic (exact) mass is 181 g/mol. The Morgan fingerprint density at radius 3 is 2.54 bits per heavy atom. The van der Waals surface area contributed by atoms with Crippen molar-refractivity contribution in [2.75, 3.05) is 20.3 Å². The maximum Gasteiger partial charge on any atom is 0.119 e. The van der Waals surface area contributed by atoms with Gasteiger partial charge in [-0.2, -0.15) is 0 Å². The van der Waals surface area contributed by atoms with E-state index in [0.29, 0.717) is 13.2 Å². The second-order valence-electron chi connectivity index (χ2n) is 2.72. The predicted octanol–water partition coefficient (Wildman–Crippen LogP) is 1.04. The van der Waals surface area contributed by atoms with Gasteiger partial charge in [-0.3, -0.25) is 0 Å². The van der Waals surface area contributed by atoms with Gasteiger partial charge in [0, 0.05) is 13.7 Å². The first-order valence-corrected chi connectivity index (χ1v) is 4.27. The van der Waals surface area contributed by atoms with Crippen LogP contribution in [0, 0.1) is 0 Å². The fourth-order valence-electron chi connectivity index (χ4n) is 0.938. The number of nitrogens with two attached hydrogens (primary N) is 1. The van der Waals surface area contributed by atoms with E-state index in [9.17, 15) is 0 Å². The van der Waals surface area contributed by atoms with Crippen molar-refractivity contribution in [1.29, 1.82) is 0 Å². The lowest BCUT2D eigenvalue weighted by atomic mass is 10.3. The first-order chi connectivity index (χ1) is 6.36. The predicted molar refractivity (Wildman–Crippen MR) is 51.8 cm³/mol. The zero-order chi connectivity index (χ0) is 9.52. The Bertz CT molecular complexity index is 222. The molecule has 0 aliphatic carbocycles. The van der Waals surface area contributed by atoms with Crippen LogP contribution in [0.1, 0.15) is 0 Å². The lowest BCUT2D eigenvalue weighted by molar-refractivity contribution is 0.0644. The van der Waals surface area contributed by atoms with Crippen molar-refractivity contribution in [3.05, 3.63) is 30.3 Å². The molecule has 0 radical (unpaired) electrons. The summed E-state index contributed by atoms with van der Waals surface area (Å²) in [7, 11) is 1.63. The van der Waals surface area contributed by atoms with Gasteiger partial charge >= 0.3 is 0 Å². The maximum atomic E-state index is 5.44. The van der Waals surface area contributed by atoms with E-state index in [2.05, 4.69) is 0 Å². The molecule has 1 atom stereocenters. The Morgan fingerprint density at radius 2 is 2.00 bits per heavy atom. The minimum absolute atomic E-state index is 0.0276. The SMILES string of the molecule is COC(CN)COc1ccccc1. The van der Waals surface area contributed by atoms with E-state index < -0.39 is 0 Å². The molecule has 1 rings (SSSR count). The largest absolute Gasteiger partial charge is 0.491 e. The van der Waals surface area contributed by atoms with Gasteiger partial charge in [-0.15, -0.1) is 0 Å². The quantitative estimate of drug-likeness (QED) is 0.738. The fourth-order valence-corrected chi connectivity index (χ4v) is 0.938. The molecule has 13 heavy (non-hydrogen) atoms. The van der Waals surface area contributed by atoms with E-state index in [1.807, 2.05) is 30.3 Å². The molecule has 0 aliphatic rings. The summed E-state index contributed by atoms with van der Waals surface area (Å²) in [5.41, 5.74) is 5.44. The summed E-state index contributed by atoms with van der Waals surface area (Å²) >= 11 is 0. The number of para-hydroxylation sites is 1. The van der Waals surface area contributed by atoms with E-state index in [-0.39, 0.29) is 6.10 Å². The van der Waals surface area contributed by atoms with Crippen molar-refractivity contribution in [3.8, 4) is 5.75 Å². The van der Waals surface area contributed by atoms with Crippen molar-refractivity contribution in [1.82, 2.24) is 0 Å². The molecule has 3 nitrogen and oxygen atoms in total. The van der Waals surface area contributed by atoms with E-state index in [0.717, 1.165) is 5.75 Å². The Labute approximate surface area is 78.5 Å². The van der Waals surface area contributed by atoms with Crippen molar-refractivity contribution in [3.63, 3.8) is 0 Å². The highest BCUT2D eigenvalue weighted by Crippen LogP contribution is 2.08. The first-order valence-electron chi connectivity index (χ1n) is 4.27. The van der Waals surface area contributed by atoms with Crippen LogP contribution in [0.4, 0.5) is 0 Å². The highest BCUT2D eigenvalue weighted by Gasteiger charge is 2.04. The lowest BCUT2D eigenvalue weighted by Crippen LogP contribution is -2.28. The van der Waals surface area contributed by atoms with Crippen LogP contribution < -0.4 is 10.5 Å². The van der Waals surface area contributed by atoms with Crippen molar-refractivity contribution in [2.24, 2.45) is 5.73 Å². The summed E-state index contributed by atoms with van der Waals surface area (Å²) in [5.74, 6) is 0.845. The van der Waals surface area contributed by atoms with Crippen LogP contribution in [0.25, 0.3) is 0 Å². The second kappa shape index (κ2) is 5.56. The van der Waals surface area contributed by atoms with Crippen molar-refractivity contribution < 1.29 is 9.47 Å². The highest BCUT2D eigenvalue weighted by atomic mass is 16.5. The summed E-state index contributed by atoms with van der Waals surface area (Å²) in [6.07, 6.45) is -0.0276. The van der Waals surface area contributed by atoms with Crippen molar-refractivity contribution >= 4 is 0 Å². The number of benzene rings is 1. The van der Waals surface area contributed by atoms with Crippen LogP contribution in [-0.2, 0) is 4.74 Å². The molecule has 72 valence electrons. The average Bonchev–Trinajstić information content (AvgIpc) is 2.21. The van der Waals surface area contributed by atoms with Gasteiger partial charge < -0.3 is 15.2 Å². The Kier molecular flexibility index (Phi) is 4.29. The van der Waals surface area contributed by atoms with Gasteiger partial charge in [0.05, 0.1) is 0 Å². The van der Waals surface area contributed by atoms with Crippen LogP contribution in [0.2, 0.25) is 0 Å². The molecule has 0 aromatic heterocycles. The molecule has 3 heteroatoms. The van der Waals surface area contributed by atoms with Crippen LogP contribution >= 0.6 is 0 Å². The molecular weight excluding hydrogens is 166 g/mol. The Hall–Kier alpha value is -1.06. The molecule has 0 saturated carbocycles. The number of hydrogen-bond donors (Lipinski definition) is 1. The summed E-state index contributed by atoms with van der Waals surface area (Å²) in [6, 6.07) is 9.62. The molecule has 0 saturated heterocycles. The van der Waals surface area contributed by atoms with Gasteiger partial charge in [0.25, 0.3) is 0 Å². The highest BCUT2D eigenvalue weighted by molar-refractivity contribution is 5.20. The molecule has 0 amide bonds. The summed E-state index contributed by atoms with van der Waals surface area (Å²) < 4.78 is 10.5. The Balaban J connectivity index is 2.34. The van der Waals surface area contributed by atoms with Crippen LogP contribution in [0.3, 0.4) is 0 Å². The Morgan fingerprint density at radius 1 is 1.31 bits per heavy atom. The zero-order valence-electron chi connectivity index (χ0n) is 7.77. The number of ether oxygens (including phenoxy) is 2. The average molecular weight is 181 g/mol. The van der Waals surface area contributed by atoms with Crippen LogP contribution in [-0.4, -0.2) is 26.4 Å². The van der Waals surface area contributed by atoms with Gasteiger partial charge in [0.1, 0.15) is 18.5 Å².